The van der Waals surface area contributed by atoms with Gasteiger partial charge in [0.25, 0.3) is 0 Å². The number of alkyl halides is 6. The number of aliphatic hydroxyl groups is 1. The maximum absolute atomic E-state index is 13.7. The van der Waals surface area contributed by atoms with Crippen LogP contribution < -0.4 is 10.6 Å². The number of hydrogen-bond donors (Lipinski definition) is 3. The summed E-state index contributed by atoms with van der Waals surface area (Å²) in [6.07, 6.45) is -8.88. The van der Waals surface area contributed by atoms with Crippen LogP contribution in [0.15, 0.2) is 36.4 Å². The van der Waals surface area contributed by atoms with Crippen LogP contribution in [0.1, 0.15) is 16.7 Å². The number of carbonyl (C=O) groups excluding carboxylic acids is 1. The van der Waals surface area contributed by atoms with Crippen molar-refractivity contribution >= 4 is 45.6 Å². The average Bonchev–Trinajstić information content (AvgIpc) is 2.68. The summed E-state index contributed by atoms with van der Waals surface area (Å²) in [6, 6.07) is 5.44. The van der Waals surface area contributed by atoms with E-state index in [0.717, 1.165) is 30.3 Å². The number of amides is 1. The van der Waals surface area contributed by atoms with Gasteiger partial charge in [0.2, 0.25) is 11.5 Å². The maximum atomic E-state index is 13.7. The highest BCUT2D eigenvalue weighted by atomic mass is 35.5. The third-order valence-electron chi connectivity index (χ3n) is 4.58. The third kappa shape index (κ3) is 7.24. The summed E-state index contributed by atoms with van der Waals surface area (Å²) in [7, 11) is -1.49. The largest absolute Gasteiger partial charge is 0.423 e. The molecule has 0 spiro atoms. The first-order chi connectivity index (χ1) is 15.5. The van der Waals surface area contributed by atoms with Crippen molar-refractivity contribution in [2.75, 3.05) is 23.9 Å². The lowest BCUT2D eigenvalue weighted by atomic mass is 9.92. The molecule has 0 aliphatic rings. The van der Waals surface area contributed by atoms with Crippen molar-refractivity contribution in [2.24, 2.45) is 0 Å². The summed E-state index contributed by atoms with van der Waals surface area (Å²) in [5.41, 5.74) is -6.16. The van der Waals surface area contributed by atoms with Crippen LogP contribution in [0, 0.1) is 0 Å². The Morgan fingerprint density at radius 3 is 2.12 bits per heavy atom. The molecule has 2 aromatic carbocycles. The highest BCUT2D eigenvalue weighted by Crippen LogP contribution is 2.41. The van der Waals surface area contributed by atoms with Crippen molar-refractivity contribution in [3.63, 3.8) is 0 Å². The SMILES string of the molecule is C[S@@](=O)CC(=O)NCc1ccc(NC[C@@](O)(c2cc(Cl)cc(Cl)c2)C(F)(F)F)cc1C(F)(F)F. The number of nitrogens with one attached hydrogen (secondary N) is 2. The molecule has 0 saturated carbocycles. The van der Waals surface area contributed by atoms with E-state index in [1.54, 1.807) is 0 Å². The summed E-state index contributed by atoms with van der Waals surface area (Å²) in [4.78, 5) is 11.6. The Morgan fingerprint density at radius 2 is 1.62 bits per heavy atom. The quantitative estimate of drug-likeness (QED) is 0.410. The second kappa shape index (κ2) is 10.7. The Kier molecular flexibility index (Phi) is 8.89. The van der Waals surface area contributed by atoms with Crippen LogP contribution in [0.4, 0.5) is 32.0 Å². The van der Waals surface area contributed by atoms with E-state index in [9.17, 15) is 40.5 Å². The molecule has 2 aromatic rings. The predicted octanol–water partition coefficient (Wildman–Crippen LogP) is 4.87. The first kappa shape index (κ1) is 28.2. The minimum Gasteiger partial charge on any atom is -0.381 e. The monoisotopic (exact) mass is 550 g/mol. The lowest BCUT2D eigenvalue weighted by molar-refractivity contribution is -0.260. The van der Waals surface area contributed by atoms with Crippen LogP contribution in [-0.4, -0.2) is 40.0 Å². The van der Waals surface area contributed by atoms with E-state index in [4.69, 9.17) is 23.2 Å². The molecule has 0 radical (unpaired) electrons. The van der Waals surface area contributed by atoms with Crippen molar-refractivity contribution in [2.45, 2.75) is 24.5 Å². The zero-order chi connectivity index (χ0) is 25.9. The highest BCUT2D eigenvalue weighted by molar-refractivity contribution is 7.85. The van der Waals surface area contributed by atoms with Crippen LogP contribution in [0.3, 0.4) is 0 Å². The molecule has 2 rings (SSSR count). The molecule has 0 saturated heterocycles. The van der Waals surface area contributed by atoms with Gasteiger partial charge < -0.3 is 15.7 Å². The molecule has 5 nitrogen and oxygen atoms in total. The Bertz CT molecular complexity index is 1060. The minimum atomic E-state index is -5.23. The molecule has 0 aromatic heterocycles. The summed E-state index contributed by atoms with van der Waals surface area (Å²) in [5.74, 6) is -1.13. The molecule has 0 heterocycles. The van der Waals surface area contributed by atoms with Gasteiger partial charge in [-0.25, -0.2) is 0 Å². The number of anilines is 1. The molecular formula is C20H18Cl2F6N2O3S. The molecule has 0 unspecified atom stereocenters. The van der Waals surface area contributed by atoms with Gasteiger partial charge in [-0.05, 0) is 41.5 Å². The van der Waals surface area contributed by atoms with Crippen molar-refractivity contribution in [1.29, 1.82) is 0 Å². The topological polar surface area (TPSA) is 78.4 Å². The Morgan fingerprint density at radius 1 is 1.03 bits per heavy atom. The predicted molar refractivity (Wildman–Crippen MR) is 117 cm³/mol. The molecule has 14 heteroatoms. The van der Waals surface area contributed by atoms with Crippen LogP contribution in [-0.2, 0) is 33.9 Å². The number of rotatable bonds is 8. The van der Waals surface area contributed by atoms with Gasteiger partial charge in [-0.3, -0.25) is 9.00 Å². The highest BCUT2D eigenvalue weighted by Gasteiger charge is 2.55. The van der Waals surface area contributed by atoms with E-state index in [0.29, 0.717) is 6.07 Å². The second-order valence-corrected chi connectivity index (χ2v) is 9.54. The summed E-state index contributed by atoms with van der Waals surface area (Å²) >= 11 is 11.5. The molecule has 34 heavy (non-hydrogen) atoms. The smallest absolute Gasteiger partial charge is 0.381 e. The van der Waals surface area contributed by atoms with Gasteiger partial charge in [0.15, 0.2) is 0 Å². The molecule has 0 fully saturated rings. The minimum absolute atomic E-state index is 0.178. The zero-order valence-electron chi connectivity index (χ0n) is 17.3. The Labute approximate surface area is 202 Å². The van der Waals surface area contributed by atoms with Gasteiger partial charge in [-0.2, -0.15) is 26.3 Å². The molecule has 0 aliphatic carbocycles. The van der Waals surface area contributed by atoms with Crippen molar-refractivity contribution in [1.82, 2.24) is 5.32 Å². The van der Waals surface area contributed by atoms with Crippen LogP contribution in [0.5, 0.6) is 0 Å². The maximum Gasteiger partial charge on any atom is 0.423 e. The lowest BCUT2D eigenvalue weighted by Crippen LogP contribution is -2.47. The van der Waals surface area contributed by atoms with E-state index >= 15 is 0 Å². The van der Waals surface area contributed by atoms with E-state index in [-0.39, 0.29) is 21.3 Å². The Balaban J connectivity index is 2.32. The summed E-state index contributed by atoms with van der Waals surface area (Å²) in [6.45, 7) is -1.79. The van der Waals surface area contributed by atoms with E-state index in [2.05, 4.69) is 10.6 Å². The fourth-order valence-electron chi connectivity index (χ4n) is 2.92. The van der Waals surface area contributed by atoms with Gasteiger partial charge in [0.1, 0.15) is 5.75 Å². The normalized spacial score (nSPS) is 14.9. The summed E-state index contributed by atoms with van der Waals surface area (Å²) in [5, 5.41) is 14.5. The number of benzene rings is 2. The molecule has 1 amide bonds. The van der Waals surface area contributed by atoms with Crippen molar-refractivity contribution < 1.29 is 40.5 Å². The van der Waals surface area contributed by atoms with Gasteiger partial charge in [-0.1, -0.05) is 29.3 Å². The van der Waals surface area contributed by atoms with Gasteiger partial charge in [0.05, 0.1) is 12.1 Å². The average molecular weight is 551 g/mol. The number of hydrogen-bond acceptors (Lipinski definition) is 4. The van der Waals surface area contributed by atoms with Gasteiger partial charge >= 0.3 is 12.4 Å². The fourth-order valence-corrected chi connectivity index (χ4v) is 3.92. The number of carbonyl (C=O) groups is 1. The second-order valence-electron chi connectivity index (χ2n) is 7.23. The molecule has 188 valence electrons. The molecule has 0 aliphatic heterocycles. The molecule has 2 atom stereocenters. The van der Waals surface area contributed by atoms with Crippen LogP contribution >= 0.6 is 23.2 Å². The first-order valence-corrected chi connectivity index (χ1v) is 11.8. The Hall–Kier alpha value is -2.02. The van der Waals surface area contributed by atoms with Crippen LogP contribution in [0.2, 0.25) is 10.0 Å². The van der Waals surface area contributed by atoms with E-state index in [1.165, 1.54) is 6.26 Å². The molecular weight excluding hydrogens is 533 g/mol. The van der Waals surface area contributed by atoms with Crippen molar-refractivity contribution in [3.8, 4) is 0 Å². The molecule has 3 N–H and O–H groups in total. The summed E-state index contributed by atoms with van der Waals surface area (Å²) < 4.78 is 92.9. The van der Waals surface area contributed by atoms with Gasteiger partial charge in [-0.15, -0.1) is 0 Å². The lowest BCUT2D eigenvalue weighted by Gasteiger charge is -2.32. The van der Waals surface area contributed by atoms with E-state index in [1.807, 2.05) is 0 Å². The molecule has 0 bridgehead atoms. The van der Waals surface area contributed by atoms with Crippen LogP contribution in [0.25, 0.3) is 0 Å². The standard InChI is InChI=1S/C20H18Cl2F6N2O3S/c1-34(33)9-17(31)29-8-11-2-3-15(7-16(11)19(23,24)25)30-10-18(32,20(26,27)28)12-4-13(21)6-14(22)5-12/h2-7,30,32H,8-10H2,1H3,(H,29,31)/t18-,34-/m1/s1. The third-order valence-corrected chi connectivity index (χ3v) is 5.69. The van der Waals surface area contributed by atoms with Gasteiger partial charge in [0, 0.05) is 39.3 Å². The first-order valence-electron chi connectivity index (χ1n) is 9.29. The number of halogens is 8. The van der Waals surface area contributed by atoms with E-state index < -0.39 is 64.6 Å². The van der Waals surface area contributed by atoms with Crippen molar-refractivity contribution in [3.05, 3.63) is 63.1 Å². The zero-order valence-corrected chi connectivity index (χ0v) is 19.6. The fraction of sp³-hybridized carbons (Fsp3) is 0.350.